The molecule has 0 bridgehead atoms. The normalized spacial score (nSPS) is 13.2. The van der Waals surface area contributed by atoms with Crippen molar-refractivity contribution in [1.29, 1.82) is 0 Å². The quantitative estimate of drug-likeness (QED) is 0.749. The largest absolute Gasteiger partial charge is 0.335 e. The summed E-state index contributed by atoms with van der Waals surface area (Å²) < 4.78 is 2.20. The second-order valence-electron chi connectivity index (χ2n) is 3.59. The number of aryl methyl sites for hydroxylation is 2. The molecule has 3 nitrogen and oxygen atoms in total. The number of nitrogens with zero attached hydrogens (tertiary/aromatic N) is 2. The zero-order valence-electron chi connectivity index (χ0n) is 8.53. The number of aromatic nitrogens is 2. The summed E-state index contributed by atoms with van der Waals surface area (Å²) in [6.07, 6.45) is 7.15. The number of rotatable bonds is 5. The van der Waals surface area contributed by atoms with Gasteiger partial charge in [0.25, 0.3) is 0 Å². The van der Waals surface area contributed by atoms with Crippen LogP contribution in [0.5, 0.6) is 0 Å². The second kappa shape index (κ2) is 5.02. The van der Waals surface area contributed by atoms with Crippen LogP contribution >= 0.6 is 0 Å². The maximum atomic E-state index is 5.70. The van der Waals surface area contributed by atoms with Gasteiger partial charge >= 0.3 is 0 Å². The van der Waals surface area contributed by atoms with E-state index in [1.807, 2.05) is 19.4 Å². The van der Waals surface area contributed by atoms with E-state index in [2.05, 4.69) is 16.5 Å². The molecule has 74 valence electrons. The lowest BCUT2D eigenvalue weighted by atomic mass is 10.2. The number of nitrogens with two attached hydrogens (primary N) is 1. The van der Waals surface area contributed by atoms with Gasteiger partial charge in [-0.2, -0.15) is 0 Å². The topological polar surface area (TPSA) is 43.8 Å². The van der Waals surface area contributed by atoms with Crippen LogP contribution in [-0.4, -0.2) is 15.6 Å². The molecule has 0 amide bonds. The van der Waals surface area contributed by atoms with Gasteiger partial charge in [0.2, 0.25) is 0 Å². The van der Waals surface area contributed by atoms with E-state index in [9.17, 15) is 0 Å². The second-order valence-corrected chi connectivity index (χ2v) is 3.59. The lowest BCUT2D eigenvalue weighted by molar-refractivity contribution is 0.555. The van der Waals surface area contributed by atoms with E-state index in [1.165, 1.54) is 12.1 Å². The van der Waals surface area contributed by atoms with Crippen LogP contribution < -0.4 is 5.73 Å². The van der Waals surface area contributed by atoms with Gasteiger partial charge < -0.3 is 10.3 Å². The van der Waals surface area contributed by atoms with Crippen LogP contribution in [0.3, 0.4) is 0 Å². The van der Waals surface area contributed by atoms with E-state index in [0.29, 0.717) is 0 Å². The Hall–Kier alpha value is -0.830. The van der Waals surface area contributed by atoms with Crippen molar-refractivity contribution in [2.24, 2.45) is 5.73 Å². The SMILES string of the molecule is CCCc1cncn1CCC(C)N. The Morgan fingerprint density at radius 2 is 2.38 bits per heavy atom. The minimum atomic E-state index is 0.275. The number of hydrogen-bond donors (Lipinski definition) is 1. The zero-order chi connectivity index (χ0) is 9.68. The lowest BCUT2D eigenvalue weighted by Crippen LogP contribution is -2.17. The summed E-state index contributed by atoms with van der Waals surface area (Å²) in [4.78, 5) is 4.14. The molecule has 1 aromatic heterocycles. The molecular weight excluding hydrogens is 162 g/mol. The van der Waals surface area contributed by atoms with Crippen molar-refractivity contribution in [3.8, 4) is 0 Å². The fourth-order valence-electron chi connectivity index (χ4n) is 1.36. The lowest BCUT2D eigenvalue weighted by Gasteiger charge is -2.08. The van der Waals surface area contributed by atoms with Crippen molar-refractivity contribution in [1.82, 2.24) is 9.55 Å². The Labute approximate surface area is 80.0 Å². The molecule has 0 aliphatic heterocycles. The third kappa shape index (κ3) is 3.19. The fourth-order valence-corrected chi connectivity index (χ4v) is 1.36. The predicted molar refractivity (Wildman–Crippen MR) is 54.5 cm³/mol. The minimum absolute atomic E-state index is 0.275. The van der Waals surface area contributed by atoms with Crippen LogP contribution in [0.2, 0.25) is 0 Å². The Morgan fingerprint density at radius 1 is 1.62 bits per heavy atom. The van der Waals surface area contributed by atoms with Gasteiger partial charge in [-0.25, -0.2) is 4.98 Å². The highest BCUT2D eigenvalue weighted by molar-refractivity contribution is 4.98. The maximum absolute atomic E-state index is 5.70. The molecule has 0 aliphatic rings. The summed E-state index contributed by atoms with van der Waals surface area (Å²) in [5.41, 5.74) is 7.02. The van der Waals surface area contributed by atoms with Crippen LogP contribution in [0.1, 0.15) is 32.4 Å². The van der Waals surface area contributed by atoms with Crippen molar-refractivity contribution in [3.05, 3.63) is 18.2 Å². The van der Waals surface area contributed by atoms with Gasteiger partial charge in [-0.1, -0.05) is 13.3 Å². The van der Waals surface area contributed by atoms with Crippen LogP contribution in [0.25, 0.3) is 0 Å². The van der Waals surface area contributed by atoms with Crippen molar-refractivity contribution in [3.63, 3.8) is 0 Å². The molecule has 1 heterocycles. The van der Waals surface area contributed by atoms with Gasteiger partial charge in [0, 0.05) is 24.5 Å². The third-order valence-corrected chi connectivity index (χ3v) is 2.13. The first-order valence-corrected chi connectivity index (χ1v) is 4.98. The van der Waals surface area contributed by atoms with Gasteiger partial charge in [0.15, 0.2) is 0 Å². The monoisotopic (exact) mass is 181 g/mol. The molecule has 1 atom stereocenters. The van der Waals surface area contributed by atoms with Gasteiger partial charge in [0.05, 0.1) is 6.33 Å². The summed E-state index contributed by atoms with van der Waals surface area (Å²) in [7, 11) is 0. The first kappa shape index (κ1) is 10.3. The van der Waals surface area contributed by atoms with Crippen molar-refractivity contribution in [2.45, 2.75) is 45.7 Å². The molecule has 3 heteroatoms. The van der Waals surface area contributed by atoms with E-state index in [1.54, 1.807) is 0 Å². The summed E-state index contributed by atoms with van der Waals surface area (Å²) in [6.45, 7) is 5.21. The zero-order valence-corrected chi connectivity index (χ0v) is 8.53. The summed E-state index contributed by atoms with van der Waals surface area (Å²) >= 11 is 0. The average Bonchev–Trinajstić information content (AvgIpc) is 2.49. The Bertz CT molecular complexity index is 240. The van der Waals surface area contributed by atoms with Gasteiger partial charge in [-0.05, 0) is 19.8 Å². The first-order valence-electron chi connectivity index (χ1n) is 4.98. The van der Waals surface area contributed by atoms with E-state index < -0.39 is 0 Å². The van der Waals surface area contributed by atoms with E-state index in [0.717, 1.165) is 19.4 Å². The molecule has 13 heavy (non-hydrogen) atoms. The molecule has 0 aliphatic carbocycles. The van der Waals surface area contributed by atoms with Crippen molar-refractivity contribution >= 4 is 0 Å². The highest BCUT2D eigenvalue weighted by atomic mass is 15.0. The van der Waals surface area contributed by atoms with Gasteiger partial charge in [-0.3, -0.25) is 0 Å². The minimum Gasteiger partial charge on any atom is -0.335 e. The standard InChI is InChI=1S/C10H19N3/c1-3-4-10-7-12-8-13(10)6-5-9(2)11/h7-9H,3-6,11H2,1-2H3. The van der Waals surface area contributed by atoms with Crippen molar-refractivity contribution in [2.75, 3.05) is 0 Å². The summed E-state index contributed by atoms with van der Waals surface area (Å²) in [5, 5.41) is 0. The Balaban J connectivity index is 2.49. The predicted octanol–water partition coefficient (Wildman–Crippen LogP) is 1.57. The molecular formula is C10H19N3. The molecule has 0 aromatic carbocycles. The highest BCUT2D eigenvalue weighted by Gasteiger charge is 2.01. The van der Waals surface area contributed by atoms with E-state index >= 15 is 0 Å². The number of imidazole rings is 1. The number of hydrogen-bond acceptors (Lipinski definition) is 2. The molecule has 0 saturated carbocycles. The molecule has 0 spiro atoms. The van der Waals surface area contributed by atoms with E-state index in [-0.39, 0.29) is 6.04 Å². The van der Waals surface area contributed by atoms with Crippen LogP contribution in [-0.2, 0) is 13.0 Å². The van der Waals surface area contributed by atoms with Crippen LogP contribution in [0.15, 0.2) is 12.5 Å². The molecule has 0 fully saturated rings. The molecule has 1 rings (SSSR count). The van der Waals surface area contributed by atoms with Crippen LogP contribution in [0, 0.1) is 0 Å². The Kier molecular flexibility index (Phi) is 3.96. The van der Waals surface area contributed by atoms with Crippen LogP contribution in [0.4, 0.5) is 0 Å². The molecule has 1 aromatic rings. The molecule has 0 saturated heterocycles. The highest BCUT2D eigenvalue weighted by Crippen LogP contribution is 2.04. The molecule has 1 unspecified atom stereocenters. The summed E-state index contributed by atoms with van der Waals surface area (Å²) in [5.74, 6) is 0. The smallest absolute Gasteiger partial charge is 0.0948 e. The van der Waals surface area contributed by atoms with Crippen molar-refractivity contribution < 1.29 is 0 Å². The molecule has 2 N–H and O–H groups in total. The van der Waals surface area contributed by atoms with Gasteiger partial charge in [0.1, 0.15) is 0 Å². The maximum Gasteiger partial charge on any atom is 0.0948 e. The van der Waals surface area contributed by atoms with E-state index in [4.69, 9.17) is 5.73 Å². The fraction of sp³-hybridized carbons (Fsp3) is 0.700. The molecule has 0 radical (unpaired) electrons. The van der Waals surface area contributed by atoms with Gasteiger partial charge in [-0.15, -0.1) is 0 Å². The first-order chi connectivity index (χ1) is 6.24. The average molecular weight is 181 g/mol. The summed E-state index contributed by atoms with van der Waals surface area (Å²) in [6, 6.07) is 0.275. The third-order valence-electron chi connectivity index (χ3n) is 2.13. The Morgan fingerprint density at radius 3 is 3.00 bits per heavy atom.